The molecule has 2 N–H and O–H groups in total. The Kier molecular flexibility index (Phi) is 5.85. The highest BCUT2D eigenvalue weighted by Gasteiger charge is 2.83. The molecule has 0 amide bonds. The first-order chi connectivity index (χ1) is 13.0. The van der Waals surface area contributed by atoms with E-state index in [0.29, 0.717) is 11.8 Å². The largest absolute Gasteiger partial charge is 0.363 e. The zero-order chi connectivity index (χ0) is 19.1. The SMILES string of the molecule is CCSC1CCC2(O1)C1(O)CC3CC(C)CC(O1)C32CCCNOCOC. The monoisotopic (exact) mass is 401 g/mol. The van der Waals surface area contributed by atoms with Crippen molar-refractivity contribution in [1.29, 1.82) is 0 Å². The number of hydroxylamine groups is 1. The molecule has 2 saturated heterocycles. The van der Waals surface area contributed by atoms with E-state index in [2.05, 4.69) is 19.3 Å². The Balaban J connectivity index is 1.55. The second kappa shape index (κ2) is 7.74. The zero-order valence-corrected chi connectivity index (χ0v) is 17.7. The van der Waals surface area contributed by atoms with Crippen LogP contribution < -0.4 is 5.48 Å². The van der Waals surface area contributed by atoms with Crippen LogP contribution >= 0.6 is 11.8 Å². The lowest BCUT2D eigenvalue weighted by molar-refractivity contribution is -0.269. The zero-order valence-electron chi connectivity index (χ0n) is 16.9. The molecule has 2 saturated carbocycles. The molecule has 7 heteroatoms. The van der Waals surface area contributed by atoms with Gasteiger partial charge in [0.15, 0.2) is 12.6 Å². The maximum atomic E-state index is 11.6. The van der Waals surface area contributed by atoms with Gasteiger partial charge in [-0.25, -0.2) is 0 Å². The number of methoxy groups -OCH3 is 1. The lowest BCUT2D eigenvalue weighted by Crippen LogP contribution is -2.56. The van der Waals surface area contributed by atoms with Crippen molar-refractivity contribution in [1.82, 2.24) is 5.48 Å². The Morgan fingerprint density at radius 1 is 1.30 bits per heavy atom. The number of hydrogen-bond acceptors (Lipinski definition) is 7. The fourth-order valence-electron chi connectivity index (χ4n) is 6.67. The molecule has 0 aromatic rings. The van der Waals surface area contributed by atoms with Gasteiger partial charge >= 0.3 is 0 Å². The predicted molar refractivity (Wildman–Crippen MR) is 104 cm³/mol. The lowest BCUT2D eigenvalue weighted by Gasteiger charge is -2.50. The minimum Gasteiger partial charge on any atom is -0.363 e. The van der Waals surface area contributed by atoms with E-state index in [1.807, 2.05) is 11.8 Å². The maximum absolute atomic E-state index is 11.6. The van der Waals surface area contributed by atoms with Crippen LogP contribution in [0.15, 0.2) is 0 Å². The molecule has 0 radical (unpaired) electrons. The van der Waals surface area contributed by atoms with Gasteiger partial charge in [0.25, 0.3) is 0 Å². The average molecular weight is 402 g/mol. The molecule has 0 aromatic carbocycles. The fraction of sp³-hybridized carbons (Fsp3) is 1.00. The number of ether oxygens (including phenoxy) is 3. The third kappa shape index (κ3) is 3.00. The standard InChI is InChI=1S/C20H35NO5S/c1-4-27-17-6-8-19(26-17)18(7-5-9-21-24-13-23-3)15-10-14(2)11-16(18)25-20(19,22)12-15/h14-17,21-22H,4-13H2,1-3H3. The minimum atomic E-state index is -1.11. The summed E-state index contributed by atoms with van der Waals surface area (Å²) in [7, 11) is 1.62. The number of nitrogens with one attached hydrogen (secondary N) is 1. The minimum absolute atomic E-state index is 0.0692. The third-order valence-corrected chi connectivity index (χ3v) is 8.45. The van der Waals surface area contributed by atoms with Gasteiger partial charge in [-0.15, -0.1) is 11.8 Å². The van der Waals surface area contributed by atoms with Crippen molar-refractivity contribution in [2.45, 2.75) is 81.7 Å². The molecule has 1 spiro atoms. The summed E-state index contributed by atoms with van der Waals surface area (Å²) >= 11 is 1.86. The Morgan fingerprint density at radius 3 is 2.89 bits per heavy atom. The van der Waals surface area contributed by atoms with Gasteiger partial charge in [-0.3, -0.25) is 4.84 Å². The van der Waals surface area contributed by atoms with E-state index in [1.165, 1.54) is 6.42 Å². The van der Waals surface area contributed by atoms with E-state index >= 15 is 0 Å². The van der Waals surface area contributed by atoms with Crippen LogP contribution in [0.3, 0.4) is 0 Å². The van der Waals surface area contributed by atoms with Gasteiger partial charge in [-0.2, -0.15) is 5.48 Å². The Morgan fingerprint density at radius 2 is 2.15 bits per heavy atom. The molecule has 7 atom stereocenters. The van der Waals surface area contributed by atoms with Crippen LogP contribution in [0.1, 0.15) is 58.8 Å². The van der Waals surface area contributed by atoms with E-state index in [1.54, 1.807) is 7.11 Å². The molecule has 156 valence electrons. The topological polar surface area (TPSA) is 69.2 Å². The molecule has 2 heterocycles. The van der Waals surface area contributed by atoms with E-state index in [0.717, 1.165) is 50.8 Å². The highest BCUT2D eigenvalue weighted by molar-refractivity contribution is 7.99. The first-order valence-electron chi connectivity index (χ1n) is 10.5. The fourth-order valence-corrected chi connectivity index (χ4v) is 7.56. The molecule has 2 aliphatic heterocycles. The number of thioether (sulfide) groups is 1. The van der Waals surface area contributed by atoms with E-state index < -0.39 is 11.4 Å². The summed E-state index contributed by atoms with van der Waals surface area (Å²) < 4.78 is 18.0. The lowest BCUT2D eigenvalue weighted by atomic mass is 9.56. The highest BCUT2D eigenvalue weighted by Crippen LogP contribution is 2.75. The van der Waals surface area contributed by atoms with E-state index in [-0.39, 0.29) is 23.7 Å². The molecular weight excluding hydrogens is 366 g/mol. The summed E-state index contributed by atoms with van der Waals surface area (Å²) in [5.74, 6) is 1.07. The predicted octanol–water partition coefficient (Wildman–Crippen LogP) is 3.04. The first-order valence-corrected chi connectivity index (χ1v) is 11.6. The molecule has 4 rings (SSSR count). The maximum Gasteiger partial charge on any atom is 0.196 e. The van der Waals surface area contributed by atoms with E-state index in [9.17, 15) is 5.11 Å². The van der Waals surface area contributed by atoms with Crippen molar-refractivity contribution in [2.75, 3.05) is 26.2 Å². The number of rotatable bonds is 9. The van der Waals surface area contributed by atoms with Crippen molar-refractivity contribution in [3.8, 4) is 0 Å². The van der Waals surface area contributed by atoms with Crippen LogP contribution in [0.4, 0.5) is 0 Å². The molecule has 2 bridgehead atoms. The smallest absolute Gasteiger partial charge is 0.196 e. The van der Waals surface area contributed by atoms with Crippen LogP contribution in [-0.2, 0) is 19.0 Å². The summed E-state index contributed by atoms with van der Waals surface area (Å²) in [5.41, 5.74) is 2.57. The molecule has 0 aromatic heterocycles. The number of hydrogen-bond donors (Lipinski definition) is 2. The summed E-state index contributed by atoms with van der Waals surface area (Å²) in [6, 6.07) is 0. The normalized spacial score (nSPS) is 48.0. The summed E-state index contributed by atoms with van der Waals surface area (Å²) in [5, 5.41) is 11.6. The second-order valence-corrected chi connectivity index (χ2v) is 10.3. The summed E-state index contributed by atoms with van der Waals surface area (Å²) in [6.07, 6.45) is 6.94. The van der Waals surface area contributed by atoms with Crippen LogP contribution in [0, 0.1) is 17.3 Å². The second-order valence-electron chi connectivity index (χ2n) is 8.83. The van der Waals surface area contributed by atoms with Crippen molar-refractivity contribution < 1.29 is 24.2 Å². The first kappa shape index (κ1) is 20.4. The Bertz CT molecular complexity index is 519. The van der Waals surface area contributed by atoms with Crippen molar-refractivity contribution in [2.24, 2.45) is 17.3 Å². The summed E-state index contributed by atoms with van der Waals surface area (Å²) in [6.45, 7) is 5.51. The van der Waals surface area contributed by atoms with Gasteiger partial charge in [-0.1, -0.05) is 13.8 Å². The molecule has 2 aliphatic carbocycles. The van der Waals surface area contributed by atoms with Gasteiger partial charge in [0.1, 0.15) is 11.0 Å². The quantitative estimate of drug-likeness (QED) is 0.350. The van der Waals surface area contributed by atoms with Crippen molar-refractivity contribution >= 4 is 11.8 Å². The average Bonchev–Trinajstić information content (AvgIpc) is 3.18. The highest BCUT2D eigenvalue weighted by atomic mass is 32.2. The Labute approximate surface area is 167 Å². The molecular formula is C20H35NO5S. The molecule has 4 fully saturated rings. The third-order valence-electron chi connectivity index (χ3n) is 7.42. The molecule has 6 nitrogen and oxygen atoms in total. The van der Waals surface area contributed by atoms with Gasteiger partial charge in [0, 0.05) is 25.5 Å². The Hall–Kier alpha value is 0.110. The van der Waals surface area contributed by atoms with E-state index in [4.69, 9.17) is 19.0 Å². The van der Waals surface area contributed by atoms with Gasteiger partial charge in [0.05, 0.1) is 6.10 Å². The van der Waals surface area contributed by atoms with Crippen molar-refractivity contribution in [3.63, 3.8) is 0 Å². The van der Waals surface area contributed by atoms with Crippen LogP contribution in [-0.4, -0.2) is 54.2 Å². The summed E-state index contributed by atoms with van der Waals surface area (Å²) in [4.78, 5) is 5.23. The van der Waals surface area contributed by atoms with Gasteiger partial charge < -0.3 is 19.3 Å². The molecule has 7 unspecified atom stereocenters. The van der Waals surface area contributed by atoms with Crippen LogP contribution in [0.2, 0.25) is 0 Å². The number of aliphatic hydroxyl groups is 1. The van der Waals surface area contributed by atoms with Gasteiger partial charge in [-0.05, 0) is 56.1 Å². The van der Waals surface area contributed by atoms with Crippen LogP contribution in [0.5, 0.6) is 0 Å². The molecule has 27 heavy (non-hydrogen) atoms. The van der Waals surface area contributed by atoms with Crippen LogP contribution in [0.25, 0.3) is 0 Å². The molecule has 4 aliphatic rings. The van der Waals surface area contributed by atoms with Crippen molar-refractivity contribution in [3.05, 3.63) is 0 Å². The van der Waals surface area contributed by atoms with Gasteiger partial charge in [0.2, 0.25) is 0 Å².